The monoisotopic (exact) mass is 411 g/mol. The van der Waals surface area contributed by atoms with Gasteiger partial charge in [0.1, 0.15) is 17.9 Å². The van der Waals surface area contributed by atoms with Crippen LogP contribution >= 0.6 is 0 Å². The van der Waals surface area contributed by atoms with Crippen molar-refractivity contribution in [2.75, 3.05) is 5.32 Å². The van der Waals surface area contributed by atoms with Crippen molar-refractivity contribution in [1.29, 1.82) is 0 Å². The number of carbonyl (C=O) groups is 2. The number of hydrogen-bond acceptors (Lipinski definition) is 3. The van der Waals surface area contributed by atoms with Gasteiger partial charge in [-0.1, -0.05) is 60.7 Å². The number of nitrogens with one attached hydrogen (secondary N) is 1. The first kappa shape index (κ1) is 20.2. The molecule has 4 rings (SSSR count). The molecule has 0 saturated heterocycles. The molecule has 0 aliphatic rings. The predicted octanol–water partition coefficient (Wildman–Crippen LogP) is 5.74. The van der Waals surface area contributed by atoms with E-state index in [0.717, 1.165) is 27.5 Å². The summed E-state index contributed by atoms with van der Waals surface area (Å²) in [4.78, 5) is 22.9. The van der Waals surface area contributed by atoms with Gasteiger partial charge in [-0.3, -0.25) is 4.79 Å². The first-order chi connectivity index (χ1) is 15.0. The van der Waals surface area contributed by atoms with Gasteiger partial charge in [-0.25, -0.2) is 4.79 Å². The minimum atomic E-state index is -1.04. The number of anilines is 1. The molecule has 2 N–H and O–H groups in total. The molecule has 31 heavy (non-hydrogen) atoms. The van der Waals surface area contributed by atoms with E-state index in [1.807, 2.05) is 54.6 Å². The first-order valence-corrected chi connectivity index (χ1v) is 9.86. The Balaban J connectivity index is 1.63. The molecule has 0 bridgehead atoms. The van der Waals surface area contributed by atoms with Crippen LogP contribution in [0.2, 0.25) is 0 Å². The maximum Gasteiger partial charge on any atom is 0.339 e. The fourth-order valence-electron chi connectivity index (χ4n) is 3.52. The number of carboxylic acids is 1. The van der Waals surface area contributed by atoms with E-state index in [0.29, 0.717) is 11.4 Å². The fourth-order valence-corrected chi connectivity index (χ4v) is 3.52. The maximum atomic E-state index is 11.7. The summed E-state index contributed by atoms with van der Waals surface area (Å²) < 4.78 is 5.99. The molecule has 4 aromatic rings. The summed E-state index contributed by atoms with van der Waals surface area (Å²) in [5, 5.41) is 14.5. The van der Waals surface area contributed by atoms with Crippen LogP contribution in [0.5, 0.6) is 5.75 Å². The van der Waals surface area contributed by atoms with E-state index in [4.69, 9.17) is 4.74 Å². The van der Waals surface area contributed by atoms with Crippen molar-refractivity contribution in [2.24, 2.45) is 0 Å². The lowest BCUT2D eigenvalue weighted by Crippen LogP contribution is -2.05. The molecule has 0 aliphatic carbocycles. The number of aromatic carboxylic acids is 1. The van der Waals surface area contributed by atoms with Crippen LogP contribution in [0.1, 0.15) is 22.8 Å². The van der Waals surface area contributed by atoms with Gasteiger partial charge in [0.05, 0.1) is 0 Å². The minimum Gasteiger partial charge on any atom is -0.488 e. The second kappa shape index (κ2) is 8.71. The average Bonchev–Trinajstić information content (AvgIpc) is 2.77. The molecule has 5 nitrogen and oxygen atoms in total. The van der Waals surface area contributed by atoms with Gasteiger partial charge in [0.25, 0.3) is 0 Å². The molecule has 5 heteroatoms. The van der Waals surface area contributed by atoms with Crippen molar-refractivity contribution in [3.8, 4) is 16.9 Å². The van der Waals surface area contributed by atoms with Gasteiger partial charge in [0.2, 0.25) is 5.91 Å². The Kier molecular flexibility index (Phi) is 5.67. The van der Waals surface area contributed by atoms with Crippen LogP contribution in [0.3, 0.4) is 0 Å². The number of carboxylic acid groups (broad SMARTS) is 1. The van der Waals surface area contributed by atoms with Gasteiger partial charge < -0.3 is 15.2 Å². The lowest BCUT2D eigenvalue weighted by atomic mass is 10.0. The zero-order valence-corrected chi connectivity index (χ0v) is 17.0. The van der Waals surface area contributed by atoms with Gasteiger partial charge in [0.15, 0.2) is 0 Å². The van der Waals surface area contributed by atoms with Crippen molar-refractivity contribution in [3.05, 3.63) is 96.1 Å². The van der Waals surface area contributed by atoms with E-state index in [-0.39, 0.29) is 18.1 Å². The fraction of sp³-hybridized carbons (Fsp3) is 0.0769. The molecule has 0 heterocycles. The lowest BCUT2D eigenvalue weighted by Gasteiger charge is -2.13. The van der Waals surface area contributed by atoms with E-state index in [9.17, 15) is 14.7 Å². The Hall–Kier alpha value is -4.12. The number of benzene rings is 4. The zero-order valence-electron chi connectivity index (χ0n) is 17.0. The molecule has 0 saturated carbocycles. The zero-order chi connectivity index (χ0) is 21.8. The van der Waals surface area contributed by atoms with Gasteiger partial charge in [0, 0.05) is 12.6 Å². The van der Waals surface area contributed by atoms with Crippen LogP contribution in [0.4, 0.5) is 5.69 Å². The van der Waals surface area contributed by atoms with Crippen LogP contribution in [0.25, 0.3) is 21.9 Å². The highest BCUT2D eigenvalue weighted by Gasteiger charge is 2.14. The molecular formula is C26H21NO4. The SMILES string of the molecule is CC(=O)Nc1ccc(-c2ccc(C(=O)O)c(OCc3cccc4ccccc34)c2)cc1. The van der Waals surface area contributed by atoms with Crippen molar-refractivity contribution < 1.29 is 19.4 Å². The Morgan fingerprint density at radius 3 is 2.32 bits per heavy atom. The van der Waals surface area contributed by atoms with Crippen LogP contribution < -0.4 is 10.1 Å². The standard InChI is InChI=1S/C26H21NO4/c1-17(28)27-22-12-9-18(10-13-22)20-11-14-24(26(29)30)25(15-20)31-16-21-7-4-6-19-5-2-3-8-23(19)21/h2-15H,16H2,1H3,(H,27,28)(H,29,30). The highest BCUT2D eigenvalue weighted by atomic mass is 16.5. The van der Waals surface area contributed by atoms with Crippen LogP contribution in [-0.4, -0.2) is 17.0 Å². The highest BCUT2D eigenvalue weighted by Crippen LogP contribution is 2.30. The van der Waals surface area contributed by atoms with E-state index < -0.39 is 5.97 Å². The topological polar surface area (TPSA) is 75.6 Å². The molecule has 4 aromatic carbocycles. The van der Waals surface area contributed by atoms with E-state index >= 15 is 0 Å². The number of carbonyl (C=O) groups excluding carboxylic acids is 1. The van der Waals surface area contributed by atoms with Gasteiger partial charge >= 0.3 is 5.97 Å². The second-order valence-electron chi connectivity index (χ2n) is 7.20. The third kappa shape index (κ3) is 4.56. The van der Waals surface area contributed by atoms with E-state index in [1.165, 1.54) is 6.92 Å². The molecule has 0 aromatic heterocycles. The van der Waals surface area contributed by atoms with Crippen molar-refractivity contribution in [1.82, 2.24) is 0 Å². The van der Waals surface area contributed by atoms with E-state index in [1.54, 1.807) is 30.3 Å². The van der Waals surface area contributed by atoms with Gasteiger partial charge in [-0.15, -0.1) is 0 Å². The van der Waals surface area contributed by atoms with Crippen LogP contribution in [0.15, 0.2) is 84.9 Å². The summed E-state index contributed by atoms with van der Waals surface area (Å²) in [6.07, 6.45) is 0. The molecule has 0 aliphatic heterocycles. The molecule has 0 radical (unpaired) electrons. The molecule has 0 fully saturated rings. The molecule has 0 unspecified atom stereocenters. The third-order valence-corrected chi connectivity index (χ3v) is 5.01. The van der Waals surface area contributed by atoms with Gasteiger partial charge in [-0.2, -0.15) is 0 Å². The molecule has 1 amide bonds. The molecular weight excluding hydrogens is 390 g/mol. The van der Waals surface area contributed by atoms with Crippen molar-refractivity contribution >= 4 is 28.3 Å². The van der Waals surface area contributed by atoms with Gasteiger partial charge in [-0.05, 0) is 51.7 Å². The normalized spacial score (nSPS) is 10.6. The Bertz CT molecular complexity index is 1260. The summed E-state index contributed by atoms with van der Waals surface area (Å²) in [5.74, 6) is -0.868. The quantitative estimate of drug-likeness (QED) is 0.424. The second-order valence-corrected chi connectivity index (χ2v) is 7.20. The number of ether oxygens (including phenoxy) is 1. The summed E-state index contributed by atoms with van der Waals surface area (Å²) in [7, 11) is 0. The summed E-state index contributed by atoms with van der Waals surface area (Å²) >= 11 is 0. The number of rotatable bonds is 6. The predicted molar refractivity (Wildman–Crippen MR) is 121 cm³/mol. The highest BCUT2D eigenvalue weighted by molar-refractivity contribution is 5.92. The van der Waals surface area contributed by atoms with Crippen LogP contribution in [-0.2, 0) is 11.4 Å². The summed E-state index contributed by atoms with van der Waals surface area (Å²) in [5.41, 5.74) is 3.51. The molecule has 154 valence electrons. The number of amides is 1. The van der Waals surface area contributed by atoms with E-state index in [2.05, 4.69) is 5.32 Å². The number of fused-ring (bicyclic) bond motifs is 1. The van der Waals surface area contributed by atoms with Crippen molar-refractivity contribution in [3.63, 3.8) is 0 Å². The third-order valence-electron chi connectivity index (χ3n) is 5.01. The maximum absolute atomic E-state index is 11.7. The average molecular weight is 411 g/mol. The largest absolute Gasteiger partial charge is 0.488 e. The molecule has 0 spiro atoms. The Labute approximate surface area is 179 Å². The first-order valence-electron chi connectivity index (χ1n) is 9.86. The number of hydrogen-bond donors (Lipinski definition) is 2. The lowest BCUT2D eigenvalue weighted by molar-refractivity contribution is -0.114. The smallest absolute Gasteiger partial charge is 0.339 e. The summed E-state index contributed by atoms with van der Waals surface area (Å²) in [6.45, 7) is 1.71. The van der Waals surface area contributed by atoms with Crippen molar-refractivity contribution in [2.45, 2.75) is 13.5 Å². The minimum absolute atomic E-state index is 0.110. The Morgan fingerprint density at radius 1 is 0.871 bits per heavy atom. The Morgan fingerprint density at radius 2 is 1.58 bits per heavy atom. The van der Waals surface area contributed by atoms with Crippen LogP contribution in [0, 0.1) is 0 Å². The molecule has 0 atom stereocenters. The summed E-state index contributed by atoms with van der Waals surface area (Å²) in [6, 6.07) is 26.4.